The first kappa shape index (κ1) is 14.2. The van der Waals surface area contributed by atoms with Gasteiger partial charge in [0.25, 0.3) is 0 Å². The molecule has 112 valence electrons. The van der Waals surface area contributed by atoms with Crippen molar-refractivity contribution in [2.75, 3.05) is 17.7 Å². The molecule has 0 saturated heterocycles. The third-order valence-electron chi connectivity index (χ3n) is 3.02. The first-order valence-corrected chi connectivity index (χ1v) is 6.89. The first-order chi connectivity index (χ1) is 10.6. The molecule has 3 aromatic rings. The van der Waals surface area contributed by atoms with Crippen molar-refractivity contribution >= 4 is 40.3 Å². The minimum atomic E-state index is -0.395. The fraction of sp³-hybridized carbons (Fsp3) is 0.0667. The van der Waals surface area contributed by atoms with Gasteiger partial charge in [-0.2, -0.15) is 0 Å². The third kappa shape index (κ3) is 3.12. The lowest BCUT2D eigenvalue weighted by atomic mass is 10.3. The van der Waals surface area contributed by atoms with Crippen LogP contribution in [0.2, 0.25) is 5.02 Å². The number of benzene rings is 2. The molecule has 0 unspecified atom stereocenters. The van der Waals surface area contributed by atoms with Gasteiger partial charge in [0.05, 0.1) is 18.1 Å². The number of hydrogen-bond acceptors (Lipinski definition) is 3. The van der Waals surface area contributed by atoms with Crippen molar-refractivity contribution in [3.63, 3.8) is 0 Å². The highest BCUT2D eigenvalue weighted by Gasteiger charge is 2.08. The van der Waals surface area contributed by atoms with Gasteiger partial charge in [-0.3, -0.25) is 5.32 Å². The Morgan fingerprint density at radius 3 is 2.68 bits per heavy atom. The summed E-state index contributed by atoms with van der Waals surface area (Å²) in [6.07, 6.45) is 0. The lowest BCUT2D eigenvalue weighted by Crippen LogP contribution is -2.20. The minimum absolute atomic E-state index is 0.356. The fourth-order valence-corrected chi connectivity index (χ4v) is 2.10. The maximum absolute atomic E-state index is 11.9. The average molecular weight is 317 g/mol. The molecule has 7 heteroatoms. The molecule has 3 N–H and O–H groups in total. The van der Waals surface area contributed by atoms with E-state index in [1.807, 2.05) is 12.1 Å². The van der Waals surface area contributed by atoms with Gasteiger partial charge in [0, 0.05) is 16.8 Å². The zero-order valence-corrected chi connectivity index (χ0v) is 12.4. The average Bonchev–Trinajstić information content (AvgIpc) is 2.90. The Labute approximate surface area is 131 Å². The van der Waals surface area contributed by atoms with Gasteiger partial charge in [-0.15, -0.1) is 0 Å². The quantitative estimate of drug-likeness (QED) is 0.686. The van der Waals surface area contributed by atoms with Crippen LogP contribution in [0.1, 0.15) is 0 Å². The number of H-pyrrole nitrogens is 1. The maximum Gasteiger partial charge on any atom is 0.326 e. The molecule has 3 rings (SSSR count). The number of urea groups is 1. The summed E-state index contributed by atoms with van der Waals surface area (Å²) in [5.74, 6) is 1.07. The molecule has 2 amide bonds. The second-order valence-corrected chi connectivity index (χ2v) is 4.99. The molecule has 0 spiro atoms. The maximum atomic E-state index is 11.9. The Kier molecular flexibility index (Phi) is 3.84. The van der Waals surface area contributed by atoms with Crippen LogP contribution in [0.25, 0.3) is 11.0 Å². The number of hydrogen-bond donors (Lipinski definition) is 3. The van der Waals surface area contributed by atoms with Crippen LogP contribution in [0.3, 0.4) is 0 Å². The van der Waals surface area contributed by atoms with Gasteiger partial charge >= 0.3 is 6.03 Å². The normalized spacial score (nSPS) is 10.5. The van der Waals surface area contributed by atoms with Crippen molar-refractivity contribution < 1.29 is 9.53 Å². The zero-order valence-electron chi connectivity index (χ0n) is 11.7. The van der Waals surface area contributed by atoms with E-state index in [1.54, 1.807) is 37.4 Å². The second-order valence-electron chi connectivity index (χ2n) is 4.55. The molecular formula is C15H13ClN4O2. The SMILES string of the molecule is COc1ccc2nc(NC(=O)Nc3ccc(Cl)cc3)[nH]c2c1. The highest BCUT2D eigenvalue weighted by atomic mass is 35.5. The van der Waals surface area contributed by atoms with Crippen LogP contribution in [0.5, 0.6) is 5.75 Å². The number of halogens is 1. The molecule has 1 aromatic heterocycles. The lowest BCUT2D eigenvalue weighted by Gasteiger charge is -2.05. The van der Waals surface area contributed by atoms with Crippen LogP contribution in [0, 0.1) is 0 Å². The van der Waals surface area contributed by atoms with E-state index in [2.05, 4.69) is 20.6 Å². The van der Waals surface area contributed by atoms with E-state index >= 15 is 0 Å². The van der Waals surface area contributed by atoms with Crippen LogP contribution in [-0.4, -0.2) is 23.1 Å². The van der Waals surface area contributed by atoms with Gasteiger partial charge in [-0.05, 0) is 36.4 Å². The first-order valence-electron chi connectivity index (χ1n) is 6.51. The van der Waals surface area contributed by atoms with E-state index in [9.17, 15) is 4.79 Å². The molecule has 0 atom stereocenters. The summed E-state index contributed by atoms with van der Waals surface area (Å²) in [5.41, 5.74) is 2.16. The number of carbonyl (C=O) groups excluding carboxylic acids is 1. The molecule has 0 saturated carbocycles. The van der Waals surface area contributed by atoms with Crippen LogP contribution >= 0.6 is 11.6 Å². The van der Waals surface area contributed by atoms with Crippen molar-refractivity contribution in [3.8, 4) is 5.75 Å². The number of nitrogens with zero attached hydrogens (tertiary/aromatic N) is 1. The number of amides is 2. The Morgan fingerprint density at radius 2 is 1.95 bits per heavy atom. The predicted molar refractivity (Wildman–Crippen MR) is 86.7 cm³/mol. The topological polar surface area (TPSA) is 79.0 Å². The van der Waals surface area contributed by atoms with Crippen molar-refractivity contribution in [2.45, 2.75) is 0 Å². The number of methoxy groups -OCH3 is 1. The number of ether oxygens (including phenoxy) is 1. The predicted octanol–water partition coefficient (Wildman–Crippen LogP) is 3.87. The minimum Gasteiger partial charge on any atom is -0.497 e. The van der Waals surface area contributed by atoms with Gasteiger partial charge in [0.2, 0.25) is 5.95 Å². The van der Waals surface area contributed by atoms with Crippen LogP contribution in [-0.2, 0) is 0 Å². The summed E-state index contributed by atoms with van der Waals surface area (Å²) in [7, 11) is 1.59. The zero-order chi connectivity index (χ0) is 15.5. The molecule has 2 aromatic carbocycles. The van der Waals surface area contributed by atoms with Crippen molar-refractivity contribution in [3.05, 3.63) is 47.5 Å². The Balaban J connectivity index is 1.72. The number of fused-ring (bicyclic) bond motifs is 1. The molecule has 0 radical (unpaired) electrons. The van der Waals surface area contributed by atoms with Gasteiger partial charge in [0.15, 0.2) is 0 Å². The van der Waals surface area contributed by atoms with Crippen molar-refractivity contribution in [1.82, 2.24) is 9.97 Å². The van der Waals surface area contributed by atoms with Gasteiger partial charge in [-0.25, -0.2) is 9.78 Å². The van der Waals surface area contributed by atoms with E-state index in [0.717, 1.165) is 11.0 Å². The number of aromatic amines is 1. The summed E-state index contributed by atoms with van der Waals surface area (Å²) in [6.45, 7) is 0. The van der Waals surface area contributed by atoms with Gasteiger partial charge in [-0.1, -0.05) is 11.6 Å². The third-order valence-corrected chi connectivity index (χ3v) is 3.28. The van der Waals surface area contributed by atoms with Crippen molar-refractivity contribution in [1.29, 1.82) is 0 Å². The highest BCUT2D eigenvalue weighted by Crippen LogP contribution is 2.20. The summed E-state index contributed by atoms with van der Waals surface area (Å²) < 4.78 is 5.14. The van der Waals surface area contributed by atoms with E-state index in [4.69, 9.17) is 16.3 Å². The second kappa shape index (κ2) is 5.95. The number of anilines is 2. The molecule has 1 heterocycles. The Hall–Kier alpha value is -2.73. The smallest absolute Gasteiger partial charge is 0.326 e. The molecule has 22 heavy (non-hydrogen) atoms. The standard InChI is InChI=1S/C15H13ClN4O2/c1-22-11-6-7-12-13(8-11)19-14(18-12)20-15(21)17-10-4-2-9(16)3-5-10/h2-8H,1H3,(H3,17,18,19,20,21). The molecular weight excluding hydrogens is 304 g/mol. The molecule has 6 nitrogen and oxygen atoms in total. The summed E-state index contributed by atoms with van der Waals surface area (Å²) in [6, 6.07) is 11.9. The molecule has 0 aliphatic rings. The number of carbonyl (C=O) groups is 1. The fourth-order valence-electron chi connectivity index (χ4n) is 1.98. The van der Waals surface area contributed by atoms with E-state index in [1.165, 1.54) is 0 Å². The Bertz CT molecular complexity index is 814. The van der Waals surface area contributed by atoms with E-state index < -0.39 is 6.03 Å². The van der Waals surface area contributed by atoms with Crippen LogP contribution < -0.4 is 15.4 Å². The number of aromatic nitrogens is 2. The number of imidazole rings is 1. The lowest BCUT2D eigenvalue weighted by molar-refractivity contribution is 0.262. The molecule has 0 bridgehead atoms. The summed E-state index contributed by atoms with van der Waals surface area (Å²) >= 11 is 5.79. The van der Waals surface area contributed by atoms with E-state index in [-0.39, 0.29) is 0 Å². The number of rotatable bonds is 3. The Morgan fingerprint density at radius 1 is 1.18 bits per heavy atom. The van der Waals surface area contributed by atoms with Crippen LogP contribution in [0.4, 0.5) is 16.4 Å². The summed E-state index contributed by atoms with van der Waals surface area (Å²) in [4.78, 5) is 19.2. The molecule has 0 aliphatic carbocycles. The monoisotopic (exact) mass is 316 g/mol. The van der Waals surface area contributed by atoms with Gasteiger partial charge in [0.1, 0.15) is 5.75 Å². The molecule has 0 fully saturated rings. The summed E-state index contributed by atoms with van der Waals surface area (Å²) in [5, 5.41) is 5.94. The van der Waals surface area contributed by atoms with Crippen LogP contribution in [0.15, 0.2) is 42.5 Å². The highest BCUT2D eigenvalue weighted by molar-refractivity contribution is 6.30. The van der Waals surface area contributed by atoms with Crippen molar-refractivity contribution in [2.24, 2.45) is 0 Å². The van der Waals surface area contributed by atoms with E-state index in [0.29, 0.717) is 22.4 Å². The van der Waals surface area contributed by atoms with Gasteiger partial charge < -0.3 is 15.0 Å². The molecule has 0 aliphatic heterocycles. The largest absolute Gasteiger partial charge is 0.497 e. The number of nitrogens with one attached hydrogen (secondary N) is 3.